The van der Waals surface area contributed by atoms with Crippen LogP contribution in [0.25, 0.3) is 5.69 Å². The molecule has 0 saturated heterocycles. The number of carbonyl (C=O) groups is 2. The maximum atomic E-state index is 13.0. The topological polar surface area (TPSA) is 90.2 Å². The van der Waals surface area contributed by atoms with Gasteiger partial charge in [0, 0.05) is 13.6 Å². The summed E-state index contributed by atoms with van der Waals surface area (Å²) in [7, 11) is 1.70. The number of aromatic nitrogens is 4. The largest absolute Gasteiger partial charge is 0.454 e. The van der Waals surface area contributed by atoms with Crippen molar-refractivity contribution in [1.29, 1.82) is 0 Å². The van der Waals surface area contributed by atoms with Gasteiger partial charge in [-0.1, -0.05) is 60.7 Å². The lowest BCUT2D eigenvalue weighted by Gasteiger charge is -2.19. The van der Waals surface area contributed by atoms with Crippen LogP contribution in [0.15, 0.2) is 84.9 Å². The molecule has 0 aliphatic heterocycles. The number of esters is 1. The SMILES string of the molecule is CN(Cc1ccccc1)C(=O)c1ccccc1C(=O)OCc1nnnn1-c1ccccc1. The second-order valence-electron chi connectivity index (χ2n) is 7.11. The van der Waals surface area contributed by atoms with Crippen LogP contribution in [0.1, 0.15) is 32.1 Å². The number of hydrogen-bond donors (Lipinski definition) is 0. The van der Waals surface area contributed by atoms with Crippen molar-refractivity contribution in [3.63, 3.8) is 0 Å². The number of nitrogens with zero attached hydrogens (tertiary/aromatic N) is 5. The summed E-state index contributed by atoms with van der Waals surface area (Å²) < 4.78 is 6.95. The van der Waals surface area contributed by atoms with Gasteiger partial charge in [0.15, 0.2) is 12.4 Å². The lowest BCUT2D eigenvalue weighted by Crippen LogP contribution is -2.28. The predicted molar refractivity (Wildman–Crippen MR) is 117 cm³/mol. The summed E-state index contributed by atoms with van der Waals surface area (Å²) in [4.78, 5) is 27.4. The van der Waals surface area contributed by atoms with Gasteiger partial charge in [-0.05, 0) is 40.3 Å². The van der Waals surface area contributed by atoms with Gasteiger partial charge in [0.1, 0.15) is 0 Å². The smallest absolute Gasteiger partial charge is 0.339 e. The second-order valence-corrected chi connectivity index (χ2v) is 7.11. The van der Waals surface area contributed by atoms with Gasteiger partial charge in [0.25, 0.3) is 5.91 Å². The molecule has 0 aliphatic carbocycles. The minimum atomic E-state index is -0.621. The van der Waals surface area contributed by atoms with E-state index in [-0.39, 0.29) is 23.6 Å². The molecule has 0 spiro atoms. The summed E-state index contributed by atoms with van der Waals surface area (Å²) in [5, 5.41) is 11.6. The Morgan fingerprint density at radius 2 is 1.50 bits per heavy atom. The molecule has 0 bridgehead atoms. The van der Waals surface area contributed by atoms with E-state index in [1.165, 1.54) is 4.68 Å². The summed E-state index contributed by atoms with van der Waals surface area (Å²) in [5.74, 6) is -0.519. The minimum Gasteiger partial charge on any atom is -0.454 e. The van der Waals surface area contributed by atoms with Crippen LogP contribution in [0.4, 0.5) is 0 Å². The van der Waals surface area contributed by atoms with Gasteiger partial charge in [-0.25, -0.2) is 4.79 Å². The quantitative estimate of drug-likeness (QED) is 0.421. The molecular weight excluding hydrogens is 406 g/mol. The Labute approximate surface area is 185 Å². The molecular formula is C24H21N5O3. The molecule has 0 saturated carbocycles. The number of carbonyl (C=O) groups excluding carboxylic acids is 2. The van der Waals surface area contributed by atoms with Crippen molar-refractivity contribution in [2.45, 2.75) is 13.2 Å². The lowest BCUT2D eigenvalue weighted by molar-refractivity contribution is 0.0454. The molecule has 3 aromatic carbocycles. The highest BCUT2D eigenvalue weighted by Gasteiger charge is 2.21. The molecule has 8 heteroatoms. The van der Waals surface area contributed by atoms with E-state index in [1.54, 1.807) is 36.2 Å². The van der Waals surface area contributed by atoms with Gasteiger partial charge in [-0.2, -0.15) is 4.68 Å². The zero-order valence-electron chi connectivity index (χ0n) is 17.5. The van der Waals surface area contributed by atoms with Gasteiger partial charge >= 0.3 is 5.97 Å². The van der Waals surface area contributed by atoms with Crippen LogP contribution >= 0.6 is 0 Å². The Bertz CT molecular complexity index is 1210. The zero-order valence-corrected chi connectivity index (χ0v) is 17.5. The van der Waals surface area contributed by atoms with E-state index in [1.807, 2.05) is 60.7 Å². The highest BCUT2D eigenvalue weighted by molar-refractivity contribution is 6.05. The van der Waals surface area contributed by atoms with Crippen molar-refractivity contribution in [3.8, 4) is 5.69 Å². The Morgan fingerprint density at radius 1 is 0.875 bits per heavy atom. The van der Waals surface area contributed by atoms with Crippen molar-refractivity contribution in [2.24, 2.45) is 0 Å². The van der Waals surface area contributed by atoms with Crippen LogP contribution in [0, 0.1) is 0 Å². The Kier molecular flexibility index (Phi) is 6.31. The maximum Gasteiger partial charge on any atom is 0.339 e. The second kappa shape index (κ2) is 9.65. The third kappa shape index (κ3) is 4.70. The summed E-state index contributed by atoms with van der Waals surface area (Å²) in [6, 6.07) is 25.6. The number of rotatable bonds is 7. The van der Waals surface area contributed by atoms with E-state index in [2.05, 4.69) is 15.5 Å². The van der Waals surface area contributed by atoms with Gasteiger partial charge in [-0.3, -0.25) is 4.79 Å². The maximum absolute atomic E-state index is 13.0. The first-order chi connectivity index (χ1) is 15.6. The van der Waals surface area contributed by atoms with E-state index in [9.17, 15) is 9.59 Å². The molecule has 0 atom stereocenters. The van der Waals surface area contributed by atoms with E-state index in [4.69, 9.17) is 4.74 Å². The third-order valence-corrected chi connectivity index (χ3v) is 4.85. The fraction of sp³-hybridized carbons (Fsp3) is 0.125. The molecule has 1 heterocycles. The molecule has 0 fully saturated rings. The number of tetrazole rings is 1. The van der Waals surface area contributed by atoms with E-state index in [0.29, 0.717) is 12.4 Å². The molecule has 160 valence electrons. The summed E-state index contributed by atoms with van der Waals surface area (Å²) >= 11 is 0. The molecule has 1 aromatic heterocycles. The van der Waals surface area contributed by atoms with Crippen molar-refractivity contribution >= 4 is 11.9 Å². The van der Waals surface area contributed by atoms with Crippen molar-refractivity contribution in [1.82, 2.24) is 25.1 Å². The Balaban J connectivity index is 1.48. The fourth-order valence-electron chi connectivity index (χ4n) is 3.26. The van der Waals surface area contributed by atoms with Crippen LogP contribution in [-0.4, -0.2) is 44.0 Å². The normalized spacial score (nSPS) is 10.5. The molecule has 1 amide bonds. The van der Waals surface area contributed by atoms with Crippen molar-refractivity contribution in [3.05, 3.63) is 107 Å². The highest BCUT2D eigenvalue weighted by Crippen LogP contribution is 2.16. The molecule has 8 nitrogen and oxygen atoms in total. The first-order valence-corrected chi connectivity index (χ1v) is 10.0. The number of ether oxygens (including phenoxy) is 1. The van der Waals surface area contributed by atoms with Crippen LogP contribution in [0.3, 0.4) is 0 Å². The summed E-state index contributed by atoms with van der Waals surface area (Å²) in [5.41, 5.74) is 2.22. The standard InChI is InChI=1S/C24H21N5O3/c1-28(16-18-10-4-2-5-11-18)23(30)20-14-8-9-15-21(20)24(31)32-17-22-25-26-27-29(22)19-12-6-3-7-13-19/h2-15H,16-17H2,1H3. The summed E-state index contributed by atoms with van der Waals surface area (Å²) in [6.07, 6.45) is 0. The first-order valence-electron chi connectivity index (χ1n) is 10.0. The average molecular weight is 427 g/mol. The molecule has 4 aromatic rings. The monoisotopic (exact) mass is 427 g/mol. The molecule has 0 unspecified atom stereocenters. The third-order valence-electron chi connectivity index (χ3n) is 4.85. The van der Waals surface area contributed by atoms with Crippen LogP contribution in [0.5, 0.6) is 0 Å². The number of para-hydroxylation sites is 1. The molecule has 0 aliphatic rings. The molecule has 32 heavy (non-hydrogen) atoms. The van der Waals surface area contributed by atoms with E-state index >= 15 is 0 Å². The predicted octanol–water partition coefficient (Wildman–Crippen LogP) is 3.29. The molecule has 4 rings (SSSR count). The van der Waals surface area contributed by atoms with E-state index < -0.39 is 5.97 Å². The first kappa shape index (κ1) is 20.9. The van der Waals surface area contributed by atoms with Gasteiger partial charge in [0.05, 0.1) is 16.8 Å². The van der Waals surface area contributed by atoms with Crippen molar-refractivity contribution < 1.29 is 14.3 Å². The summed E-state index contributed by atoms with van der Waals surface area (Å²) in [6.45, 7) is 0.290. The molecule has 0 radical (unpaired) electrons. The van der Waals surface area contributed by atoms with Crippen LogP contribution < -0.4 is 0 Å². The Hall–Kier alpha value is -4.33. The minimum absolute atomic E-state index is 0.136. The van der Waals surface area contributed by atoms with Crippen LogP contribution in [-0.2, 0) is 17.9 Å². The van der Waals surface area contributed by atoms with Crippen molar-refractivity contribution in [2.75, 3.05) is 7.05 Å². The molecule has 0 N–H and O–H groups in total. The lowest BCUT2D eigenvalue weighted by atomic mass is 10.1. The number of benzene rings is 3. The van der Waals surface area contributed by atoms with Gasteiger partial charge in [-0.15, -0.1) is 5.10 Å². The Morgan fingerprint density at radius 3 is 2.22 bits per heavy atom. The number of hydrogen-bond acceptors (Lipinski definition) is 6. The van der Waals surface area contributed by atoms with Gasteiger partial charge < -0.3 is 9.64 Å². The highest BCUT2D eigenvalue weighted by atomic mass is 16.5. The number of amides is 1. The van der Waals surface area contributed by atoms with Crippen LogP contribution in [0.2, 0.25) is 0 Å². The van der Waals surface area contributed by atoms with E-state index in [0.717, 1.165) is 11.3 Å². The fourth-order valence-corrected chi connectivity index (χ4v) is 3.26. The zero-order chi connectivity index (χ0) is 22.3. The average Bonchev–Trinajstić information content (AvgIpc) is 3.32. The van der Waals surface area contributed by atoms with Gasteiger partial charge in [0.2, 0.25) is 0 Å².